The molecular formula is C13H18BN3O2. The quantitative estimate of drug-likeness (QED) is 0.831. The Balaban J connectivity index is 1.85. The van der Waals surface area contributed by atoms with Gasteiger partial charge in [0.15, 0.2) is 0 Å². The van der Waals surface area contributed by atoms with Gasteiger partial charge in [0.1, 0.15) is 0 Å². The topological polar surface area (TPSA) is 52.1 Å². The van der Waals surface area contributed by atoms with E-state index in [1.165, 1.54) is 0 Å². The van der Waals surface area contributed by atoms with Crippen molar-refractivity contribution in [2.24, 2.45) is 0 Å². The van der Waals surface area contributed by atoms with E-state index in [9.17, 15) is 0 Å². The van der Waals surface area contributed by atoms with E-state index >= 15 is 0 Å². The standard InChI is InChI=1S/C13H18BN3O2/c1-12(2)13(3,4)19-14(18-12)10-7-16-17(9-10)11-5-6-15-8-11/h5-9,15H,1-4H3. The van der Waals surface area contributed by atoms with Gasteiger partial charge in [0.25, 0.3) is 0 Å². The molecule has 1 N–H and O–H groups in total. The van der Waals surface area contributed by atoms with Gasteiger partial charge in [-0.2, -0.15) is 5.10 Å². The lowest BCUT2D eigenvalue weighted by atomic mass is 9.82. The molecule has 2 aromatic rings. The number of aromatic amines is 1. The molecule has 1 aliphatic rings. The minimum Gasteiger partial charge on any atom is -0.399 e. The van der Waals surface area contributed by atoms with Gasteiger partial charge in [-0.05, 0) is 33.8 Å². The molecule has 1 fully saturated rings. The smallest absolute Gasteiger partial charge is 0.399 e. The first kappa shape index (κ1) is 12.5. The van der Waals surface area contributed by atoms with Crippen molar-refractivity contribution in [3.63, 3.8) is 0 Å². The Morgan fingerprint density at radius 3 is 2.47 bits per heavy atom. The molecule has 0 aliphatic carbocycles. The van der Waals surface area contributed by atoms with Gasteiger partial charge in [0.2, 0.25) is 0 Å². The maximum atomic E-state index is 6.00. The minimum atomic E-state index is -0.363. The lowest BCUT2D eigenvalue weighted by Crippen LogP contribution is -2.41. The molecule has 1 saturated heterocycles. The summed E-state index contributed by atoms with van der Waals surface area (Å²) >= 11 is 0. The average molecular weight is 259 g/mol. The molecule has 6 heteroatoms. The molecule has 0 aromatic carbocycles. The Morgan fingerprint density at radius 1 is 1.21 bits per heavy atom. The van der Waals surface area contributed by atoms with Crippen molar-refractivity contribution in [1.29, 1.82) is 0 Å². The van der Waals surface area contributed by atoms with Crippen LogP contribution in [0.2, 0.25) is 0 Å². The van der Waals surface area contributed by atoms with E-state index < -0.39 is 0 Å². The first-order chi connectivity index (χ1) is 8.89. The summed E-state index contributed by atoms with van der Waals surface area (Å²) < 4.78 is 13.8. The summed E-state index contributed by atoms with van der Waals surface area (Å²) in [6.45, 7) is 8.18. The second kappa shape index (κ2) is 3.98. The van der Waals surface area contributed by atoms with Gasteiger partial charge in [-0.3, -0.25) is 0 Å². The monoisotopic (exact) mass is 259 g/mol. The number of nitrogens with one attached hydrogen (secondary N) is 1. The fourth-order valence-electron chi connectivity index (χ4n) is 2.04. The lowest BCUT2D eigenvalue weighted by molar-refractivity contribution is 0.00578. The molecule has 0 amide bonds. The summed E-state index contributed by atoms with van der Waals surface area (Å²) in [4.78, 5) is 3.01. The number of nitrogens with zero attached hydrogens (tertiary/aromatic N) is 2. The van der Waals surface area contributed by atoms with Gasteiger partial charge in [-0.15, -0.1) is 0 Å². The molecule has 100 valence electrons. The van der Waals surface area contributed by atoms with E-state index in [-0.39, 0.29) is 18.3 Å². The number of H-pyrrole nitrogens is 1. The third kappa shape index (κ3) is 2.01. The van der Waals surface area contributed by atoms with E-state index in [0.717, 1.165) is 11.2 Å². The molecule has 0 saturated carbocycles. The van der Waals surface area contributed by atoms with Gasteiger partial charge in [0.05, 0.1) is 16.9 Å². The molecule has 0 atom stereocenters. The summed E-state index contributed by atoms with van der Waals surface area (Å²) in [5.74, 6) is 0. The highest BCUT2D eigenvalue weighted by Gasteiger charge is 2.52. The second-order valence-corrected chi connectivity index (χ2v) is 5.88. The van der Waals surface area contributed by atoms with Gasteiger partial charge in [0, 0.05) is 30.3 Å². The van der Waals surface area contributed by atoms with Crippen LogP contribution in [0.3, 0.4) is 0 Å². The van der Waals surface area contributed by atoms with Crippen molar-refractivity contribution in [3.05, 3.63) is 30.9 Å². The van der Waals surface area contributed by atoms with E-state index in [4.69, 9.17) is 9.31 Å². The van der Waals surface area contributed by atoms with Gasteiger partial charge in [-0.25, -0.2) is 4.68 Å². The van der Waals surface area contributed by atoms with Crippen LogP contribution in [0, 0.1) is 0 Å². The first-order valence-electron chi connectivity index (χ1n) is 6.42. The van der Waals surface area contributed by atoms with Crippen molar-refractivity contribution in [2.75, 3.05) is 0 Å². The Bertz CT molecular complexity index is 558. The third-order valence-corrected chi connectivity index (χ3v) is 3.97. The van der Waals surface area contributed by atoms with Crippen molar-refractivity contribution >= 4 is 12.6 Å². The maximum Gasteiger partial charge on any atom is 0.498 e. The molecule has 0 radical (unpaired) electrons. The molecule has 0 spiro atoms. The van der Waals surface area contributed by atoms with Crippen LogP contribution in [-0.2, 0) is 9.31 Å². The Kier molecular flexibility index (Phi) is 2.62. The number of aromatic nitrogens is 3. The molecule has 5 nitrogen and oxygen atoms in total. The zero-order valence-corrected chi connectivity index (χ0v) is 11.7. The summed E-state index contributed by atoms with van der Waals surface area (Å²) in [6.07, 6.45) is 7.48. The van der Waals surface area contributed by atoms with Gasteiger partial charge in [-0.1, -0.05) is 0 Å². The highest BCUT2D eigenvalue weighted by Crippen LogP contribution is 2.36. The summed E-state index contributed by atoms with van der Waals surface area (Å²) in [5.41, 5.74) is 1.27. The third-order valence-electron chi connectivity index (χ3n) is 3.97. The molecule has 3 heterocycles. The Hall–Kier alpha value is -1.53. The van der Waals surface area contributed by atoms with Crippen LogP contribution in [0.5, 0.6) is 0 Å². The molecule has 19 heavy (non-hydrogen) atoms. The van der Waals surface area contributed by atoms with Crippen LogP contribution < -0.4 is 5.46 Å². The summed E-state index contributed by atoms with van der Waals surface area (Å²) in [6, 6.07) is 1.96. The summed E-state index contributed by atoms with van der Waals surface area (Å²) in [5, 5.41) is 4.34. The van der Waals surface area contributed by atoms with Crippen molar-refractivity contribution < 1.29 is 9.31 Å². The van der Waals surface area contributed by atoms with Crippen LogP contribution in [0.15, 0.2) is 30.9 Å². The molecule has 1 aliphatic heterocycles. The van der Waals surface area contributed by atoms with E-state index in [0.29, 0.717) is 0 Å². The van der Waals surface area contributed by atoms with Crippen molar-refractivity contribution in [1.82, 2.24) is 14.8 Å². The van der Waals surface area contributed by atoms with Crippen LogP contribution in [-0.4, -0.2) is 33.1 Å². The largest absolute Gasteiger partial charge is 0.498 e. The van der Waals surface area contributed by atoms with E-state index in [1.54, 1.807) is 10.9 Å². The van der Waals surface area contributed by atoms with Crippen LogP contribution in [0.1, 0.15) is 27.7 Å². The molecule has 2 aromatic heterocycles. The van der Waals surface area contributed by atoms with E-state index in [2.05, 4.69) is 10.1 Å². The number of hydrogen-bond donors (Lipinski definition) is 1. The molecule has 0 unspecified atom stereocenters. The van der Waals surface area contributed by atoms with Gasteiger partial charge < -0.3 is 14.3 Å². The fourth-order valence-corrected chi connectivity index (χ4v) is 2.04. The number of hydrogen-bond acceptors (Lipinski definition) is 3. The fraction of sp³-hybridized carbons (Fsp3) is 0.462. The lowest BCUT2D eigenvalue weighted by Gasteiger charge is -2.32. The van der Waals surface area contributed by atoms with Crippen LogP contribution >= 0.6 is 0 Å². The van der Waals surface area contributed by atoms with Crippen LogP contribution in [0.25, 0.3) is 5.69 Å². The zero-order chi connectivity index (χ0) is 13.7. The maximum absolute atomic E-state index is 6.00. The molecular weight excluding hydrogens is 241 g/mol. The Morgan fingerprint density at radius 2 is 1.89 bits per heavy atom. The average Bonchev–Trinajstić information content (AvgIpc) is 3.00. The Labute approximate surface area is 113 Å². The van der Waals surface area contributed by atoms with Crippen molar-refractivity contribution in [3.8, 4) is 5.69 Å². The highest BCUT2D eigenvalue weighted by atomic mass is 16.7. The number of rotatable bonds is 2. The van der Waals surface area contributed by atoms with Gasteiger partial charge >= 0.3 is 7.12 Å². The summed E-state index contributed by atoms with van der Waals surface area (Å²) in [7, 11) is -0.363. The van der Waals surface area contributed by atoms with E-state index in [1.807, 2.05) is 52.4 Å². The molecule has 0 bridgehead atoms. The predicted molar refractivity (Wildman–Crippen MR) is 73.6 cm³/mol. The second-order valence-electron chi connectivity index (χ2n) is 5.88. The minimum absolute atomic E-state index is 0.326. The highest BCUT2D eigenvalue weighted by molar-refractivity contribution is 6.62. The predicted octanol–water partition coefficient (Wildman–Crippen LogP) is 1.50. The first-order valence-corrected chi connectivity index (χ1v) is 6.42. The van der Waals surface area contributed by atoms with Crippen LogP contribution in [0.4, 0.5) is 0 Å². The van der Waals surface area contributed by atoms with Crippen molar-refractivity contribution in [2.45, 2.75) is 38.9 Å². The normalized spacial score (nSPS) is 20.9. The zero-order valence-electron chi connectivity index (χ0n) is 11.7. The SMILES string of the molecule is CC1(C)OB(c2cnn(-c3cc[nH]c3)c2)OC1(C)C. The molecule has 3 rings (SSSR count).